The lowest BCUT2D eigenvalue weighted by Gasteiger charge is -2.24. The van der Waals surface area contributed by atoms with Crippen molar-refractivity contribution in [1.82, 2.24) is 9.62 Å². The maximum Gasteiger partial charge on any atom is 0.452 e. The van der Waals surface area contributed by atoms with Crippen LogP contribution < -0.4 is 4.72 Å². The molecule has 0 bridgehead atoms. The summed E-state index contributed by atoms with van der Waals surface area (Å²) in [6.07, 6.45) is -5.65. The van der Waals surface area contributed by atoms with Crippen LogP contribution in [0.2, 0.25) is 0 Å². The predicted octanol–water partition coefficient (Wildman–Crippen LogP) is 1.82. The van der Waals surface area contributed by atoms with Crippen molar-refractivity contribution in [3.05, 3.63) is 29.8 Å². The van der Waals surface area contributed by atoms with Crippen LogP contribution in [0.25, 0.3) is 0 Å². The summed E-state index contributed by atoms with van der Waals surface area (Å²) in [5.74, 6) is -1.10. The van der Waals surface area contributed by atoms with Gasteiger partial charge in [-0.15, -0.1) is 0 Å². The fourth-order valence-corrected chi connectivity index (χ4v) is 2.75. The molecule has 1 N–H and O–H groups in total. The molecule has 6 nitrogen and oxygen atoms in total. The van der Waals surface area contributed by atoms with Crippen molar-refractivity contribution >= 4 is 15.9 Å². The molecule has 2 rings (SSSR count). The summed E-state index contributed by atoms with van der Waals surface area (Å²) < 4.78 is 63.8. The van der Waals surface area contributed by atoms with Gasteiger partial charge in [-0.25, -0.2) is 13.1 Å². The minimum absolute atomic E-state index is 0.0109. The number of alkyl halides is 3. The minimum atomic E-state index is -4.61. The molecule has 0 saturated heterocycles. The van der Waals surface area contributed by atoms with Crippen LogP contribution in [0.3, 0.4) is 0 Å². The van der Waals surface area contributed by atoms with Gasteiger partial charge in [0.25, 0.3) is 5.84 Å². The second-order valence-corrected chi connectivity index (χ2v) is 6.32. The van der Waals surface area contributed by atoms with Crippen LogP contribution in [0.15, 0.2) is 34.3 Å². The predicted molar refractivity (Wildman–Crippen MR) is 72.4 cm³/mol. The fourth-order valence-electron chi connectivity index (χ4n) is 2.02. The Kier molecular flexibility index (Phi) is 4.34. The highest BCUT2D eigenvalue weighted by Gasteiger charge is 2.47. The second-order valence-electron chi connectivity index (χ2n) is 4.43. The molecule has 1 aromatic rings. The van der Waals surface area contributed by atoms with Crippen molar-refractivity contribution < 1.29 is 26.4 Å². The molecule has 10 heteroatoms. The number of oxime groups is 1. The van der Waals surface area contributed by atoms with Gasteiger partial charge in [0.15, 0.2) is 0 Å². The van der Waals surface area contributed by atoms with Gasteiger partial charge in [0.05, 0.1) is 4.90 Å². The Hall–Kier alpha value is -1.81. The Morgan fingerprint density at radius 1 is 1.32 bits per heavy atom. The summed E-state index contributed by atoms with van der Waals surface area (Å²) in [4.78, 5) is 5.83. The van der Waals surface area contributed by atoms with E-state index in [9.17, 15) is 21.6 Å². The topological polar surface area (TPSA) is 71.0 Å². The largest absolute Gasteiger partial charge is 0.452 e. The molecular formula is C12H14F3N3O3S. The van der Waals surface area contributed by atoms with Crippen molar-refractivity contribution in [2.75, 3.05) is 13.6 Å². The standard InChI is InChI=1S/C12H14F3N3O3S/c1-3-18-10(21-17-11(18)12(13,14)15)8-4-6-9(7-5-8)22(19,20)16-2/h4-7,10,16H,3H2,1-2H3. The van der Waals surface area contributed by atoms with E-state index in [1.165, 1.54) is 31.3 Å². The second kappa shape index (κ2) is 5.76. The van der Waals surface area contributed by atoms with Crippen LogP contribution in [0.4, 0.5) is 13.2 Å². The summed E-state index contributed by atoms with van der Waals surface area (Å²) in [5.41, 5.74) is 0.375. The Balaban J connectivity index is 2.27. The van der Waals surface area contributed by atoms with E-state index in [4.69, 9.17) is 4.84 Å². The average molecular weight is 337 g/mol. The first-order valence-corrected chi connectivity index (χ1v) is 7.80. The summed E-state index contributed by atoms with van der Waals surface area (Å²) in [6.45, 7) is 1.59. The number of nitrogens with one attached hydrogen (secondary N) is 1. The third-order valence-electron chi connectivity index (χ3n) is 3.13. The van der Waals surface area contributed by atoms with E-state index in [2.05, 4.69) is 9.88 Å². The fraction of sp³-hybridized carbons (Fsp3) is 0.417. The highest BCUT2D eigenvalue weighted by Crippen LogP contribution is 2.34. The van der Waals surface area contributed by atoms with Gasteiger partial charge in [-0.2, -0.15) is 13.2 Å². The van der Waals surface area contributed by atoms with Crippen LogP contribution in [-0.2, 0) is 14.9 Å². The number of benzene rings is 1. The average Bonchev–Trinajstić information content (AvgIpc) is 2.91. The SMILES string of the molecule is CCN1C(C(F)(F)F)=NOC1c1ccc(S(=O)(=O)NC)cc1. The van der Waals surface area contributed by atoms with Gasteiger partial charge in [0.1, 0.15) is 0 Å². The first-order chi connectivity index (χ1) is 10.2. The van der Waals surface area contributed by atoms with Crippen molar-refractivity contribution in [1.29, 1.82) is 0 Å². The van der Waals surface area contributed by atoms with Gasteiger partial charge in [-0.3, -0.25) is 0 Å². The number of halogens is 3. The third kappa shape index (κ3) is 3.02. The molecule has 0 fully saturated rings. The van der Waals surface area contributed by atoms with E-state index in [-0.39, 0.29) is 11.4 Å². The number of sulfonamides is 1. The molecule has 1 heterocycles. The van der Waals surface area contributed by atoms with Crippen LogP contribution in [0.1, 0.15) is 18.7 Å². The molecule has 1 unspecified atom stereocenters. The zero-order chi connectivity index (χ0) is 16.5. The van der Waals surface area contributed by atoms with E-state index in [1.807, 2.05) is 0 Å². The molecule has 0 aromatic heterocycles. The zero-order valence-corrected chi connectivity index (χ0v) is 12.6. The zero-order valence-electron chi connectivity index (χ0n) is 11.8. The molecule has 122 valence electrons. The van der Waals surface area contributed by atoms with E-state index < -0.39 is 28.3 Å². The van der Waals surface area contributed by atoms with Crippen LogP contribution in [-0.4, -0.2) is 38.9 Å². The van der Waals surface area contributed by atoms with Crippen molar-refractivity contribution in [3.63, 3.8) is 0 Å². The number of hydrogen-bond donors (Lipinski definition) is 1. The molecule has 1 aliphatic heterocycles. The maximum absolute atomic E-state index is 12.8. The van der Waals surface area contributed by atoms with Crippen LogP contribution >= 0.6 is 0 Å². The van der Waals surface area contributed by atoms with E-state index in [1.54, 1.807) is 6.92 Å². The van der Waals surface area contributed by atoms with Crippen molar-refractivity contribution in [2.24, 2.45) is 5.16 Å². The highest BCUT2D eigenvalue weighted by atomic mass is 32.2. The number of hydrogen-bond acceptors (Lipinski definition) is 5. The van der Waals surface area contributed by atoms with E-state index in [0.29, 0.717) is 5.56 Å². The number of amidine groups is 1. The lowest BCUT2D eigenvalue weighted by atomic mass is 10.2. The summed E-state index contributed by atoms with van der Waals surface area (Å²) >= 11 is 0. The molecule has 0 radical (unpaired) electrons. The van der Waals surface area contributed by atoms with Crippen LogP contribution in [0, 0.1) is 0 Å². The minimum Gasteiger partial charge on any atom is -0.363 e. The van der Waals surface area contributed by atoms with Crippen LogP contribution in [0.5, 0.6) is 0 Å². The first-order valence-electron chi connectivity index (χ1n) is 6.32. The molecule has 1 atom stereocenters. The first kappa shape index (κ1) is 16.6. The summed E-state index contributed by atoms with van der Waals surface area (Å²) in [7, 11) is -2.34. The van der Waals surface area contributed by atoms with Gasteiger partial charge in [0, 0.05) is 12.1 Å². The van der Waals surface area contributed by atoms with Gasteiger partial charge >= 0.3 is 6.18 Å². The Morgan fingerprint density at radius 3 is 2.36 bits per heavy atom. The number of nitrogens with zero attached hydrogens (tertiary/aromatic N) is 2. The highest BCUT2D eigenvalue weighted by molar-refractivity contribution is 7.89. The van der Waals surface area contributed by atoms with Gasteiger partial charge in [-0.05, 0) is 26.1 Å². The molecular weight excluding hydrogens is 323 g/mol. The molecule has 22 heavy (non-hydrogen) atoms. The van der Waals surface area contributed by atoms with E-state index in [0.717, 1.165) is 4.90 Å². The Labute approximate surface area is 125 Å². The smallest absolute Gasteiger partial charge is 0.363 e. The lowest BCUT2D eigenvalue weighted by Crippen LogP contribution is -2.39. The van der Waals surface area contributed by atoms with Gasteiger partial charge < -0.3 is 9.74 Å². The molecule has 1 aliphatic rings. The Bertz CT molecular complexity index is 671. The summed E-state index contributed by atoms with van der Waals surface area (Å²) in [5, 5.41) is 3.09. The molecule has 0 saturated carbocycles. The maximum atomic E-state index is 12.8. The van der Waals surface area contributed by atoms with E-state index >= 15 is 0 Å². The monoisotopic (exact) mass is 337 g/mol. The molecule has 0 spiro atoms. The Morgan fingerprint density at radius 2 is 1.91 bits per heavy atom. The quantitative estimate of drug-likeness (QED) is 0.910. The normalized spacial score (nSPS) is 19.0. The van der Waals surface area contributed by atoms with Gasteiger partial charge in [0.2, 0.25) is 16.3 Å². The lowest BCUT2D eigenvalue weighted by molar-refractivity contribution is -0.0700. The van der Waals surface area contributed by atoms with Gasteiger partial charge in [-0.1, -0.05) is 17.3 Å². The third-order valence-corrected chi connectivity index (χ3v) is 4.56. The number of rotatable bonds is 4. The summed E-state index contributed by atoms with van der Waals surface area (Å²) in [6, 6.07) is 5.38. The molecule has 0 aliphatic carbocycles. The molecule has 0 amide bonds. The van der Waals surface area contributed by atoms with Crippen molar-refractivity contribution in [2.45, 2.75) is 24.2 Å². The van der Waals surface area contributed by atoms with Crippen molar-refractivity contribution in [3.8, 4) is 0 Å². The molecule has 1 aromatic carbocycles.